The highest BCUT2D eigenvalue weighted by Gasteiger charge is 2.14. The smallest absolute Gasteiger partial charge is 0.256 e. The van der Waals surface area contributed by atoms with Crippen LogP contribution in [0.15, 0.2) is 29.6 Å². The van der Waals surface area contributed by atoms with Gasteiger partial charge in [0, 0.05) is 18.7 Å². The van der Waals surface area contributed by atoms with Crippen molar-refractivity contribution in [3.63, 3.8) is 0 Å². The summed E-state index contributed by atoms with van der Waals surface area (Å²) < 4.78 is 0. The van der Waals surface area contributed by atoms with Crippen molar-refractivity contribution in [2.45, 2.75) is 13.1 Å². The fourth-order valence-corrected chi connectivity index (χ4v) is 2.84. The zero-order chi connectivity index (χ0) is 13.2. The average Bonchev–Trinajstić information content (AvgIpc) is 3.05. The molecule has 1 aromatic carbocycles. The predicted molar refractivity (Wildman–Crippen MR) is 74.0 cm³/mol. The van der Waals surface area contributed by atoms with E-state index < -0.39 is 0 Å². The summed E-state index contributed by atoms with van der Waals surface area (Å²) in [6.07, 6.45) is 0. The molecule has 2 N–H and O–H groups in total. The number of hydrogen-bond donors (Lipinski definition) is 2. The van der Waals surface area contributed by atoms with Crippen molar-refractivity contribution >= 4 is 22.2 Å². The zero-order valence-corrected chi connectivity index (χ0v) is 10.9. The van der Waals surface area contributed by atoms with Crippen LogP contribution in [-0.4, -0.2) is 5.91 Å². The molecule has 0 bridgehead atoms. The number of nitriles is 1. The van der Waals surface area contributed by atoms with Gasteiger partial charge in [0.05, 0.1) is 5.56 Å². The Labute approximate surface area is 114 Å². The Hall–Kier alpha value is -2.16. The molecule has 2 aromatic rings. The lowest BCUT2D eigenvalue weighted by Gasteiger charge is -2.05. The van der Waals surface area contributed by atoms with Gasteiger partial charge in [-0.05, 0) is 34.7 Å². The van der Waals surface area contributed by atoms with Gasteiger partial charge in [0.15, 0.2) is 0 Å². The van der Waals surface area contributed by atoms with E-state index in [4.69, 9.17) is 5.26 Å². The summed E-state index contributed by atoms with van der Waals surface area (Å²) in [4.78, 5) is 12.1. The van der Waals surface area contributed by atoms with Gasteiger partial charge in [-0.3, -0.25) is 4.79 Å². The summed E-state index contributed by atoms with van der Waals surface area (Å²) in [5.41, 5.74) is 3.53. The lowest BCUT2D eigenvalue weighted by molar-refractivity contribution is 0.102. The second kappa shape index (κ2) is 4.84. The van der Waals surface area contributed by atoms with Gasteiger partial charge < -0.3 is 10.6 Å². The number of nitrogens with zero attached hydrogens (tertiary/aromatic N) is 1. The number of thiophene rings is 1. The van der Waals surface area contributed by atoms with Gasteiger partial charge in [-0.1, -0.05) is 6.07 Å². The molecule has 1 aliphatic heterocycles. The monoisotopic (exact) mass is 269 g/mol. The van der Waals surface area contributed by atoms with E-state index in [-0.39, 0.29) is 5.91 Å². The molecule has 19 heavy (non-hydrogen) atoms. The first-order valence-corrected chi connectivity index (χ1v) is 6.77. The summed E-state index contributed by atoms with van der Waals surface area (Å²) >= 11 is 1.36. The number of rotatable bonds is 2. The molecule has 0 saturated carbocycles. The van der Waals surface area contributed by atoms with E-state index in [0.717, 1.165) is 13.1 Å². The van der Waals surface area contributed by atoms with Crippen molar-refractivity contribution in [3.8, 4) is 6.07 Å². The van der Waals surface area contributed by atoms with E-state index in [1.807, 2.05) is 18.2 Å². The summed E-state index contributed by atoms with van der Waals surface area (Å²) in [6, 6.07) is 9.46. The molecular weight excluding hydrogens is 258 g/mol. The third-order valence-corrected chi connectivity index (χ3v) is 3.94. The van der Waals surface area contributed by atoms with E-state index in [1.165, 1.54) is 22.5 Å². The van der Waals surface area contributed by atoms with Crippen LogP contribution in [0.1, 0.15) is 27.0 Å². The minimum Gasteiger partial charge on any atom is -0.312 e. The second-order valence-electron chi connectivity index (χ2n) is 4.32. The van der Waals surface area contributed by atoms with E-state index >= 15 is 0 Å². The molecule has 1 aromatic heterocycles. The van der Waals surface area contributed by atoms with E-state index in [9.17, 15) is 4.79 Å². The Bertz CT molecular complexity index is 684. The molecule has 0 radical (unpaired) electrons. The predicted octanol–water partition coefficient (Wildman–Crippen LogP) is 2.48. The van der Waals surface area contributed by atoms with Gasteiger partial charge in [0.2, 0.25) is 0 Å². The quantitative estimate of drug-likeness (QED) is 0.880. The van der Waals surface area contributed by atoms with Gasteiger partial charge >= 0.3 is 0 Å². The molecule has 0 aliphatic carbocycles. The number of fused-ring (bicyclic) bond motifs is 1. The lowest BCUT2D eigenvalue weighted by Crippen LogP contribution is -2.12. The largest absolute Gasteiger partial charge is 0.312 e. The first-order chi connectivity index (χ1) is 9.28. The lowest BCUT2D eigenvalue weighted by atomic mass is 10.1. The molecule has 0 unspecified atom stereocenters. The average molecular weight is 269 g/mol. The van der Waals surface area contributed by atoms with Crippen LogP contribution in [0.3, 0.4) is 0 Å². The van der Waals surface area contributed by atoms with Crippen LogP contribution in [0.4, 0.5) is 5.00 Å². The molecule has 2 heterocycles. The number of nitrogens with one attached hydrogen (secondary N) is 2. The van der Waals surface area contributed by atoms with E-state index in [0.29, 0.717) is 16.1 Å². The summed E-state index contributed by atoms with van der Waals surface area (Å²) in [7, 11) is 0. The molecule has 1 amide bonds. The molecule has 4 nitrogen and oxygen atoms in total. The molecule has 3 rings (SSSR count). The first-order valence-electron chi connectivity index (χ1n) is 5.89. The van der Waals surface area contributed by atoms with Crippen molar-refractivity contribution in [1.82, 2.24) is 5.32 Å². The van der Waals surface area contributed by atoms with Crippen LogP contribution < -0.4 is 10.6 Å². The van der Waals surface area contributed by atoms with Gasteiger partial charge in [0.1, 0.15) is 11.1 Å². The summed E-state index contributed by atoms with van der Waals surface area (Å²) in [5.74, 6) is -0.173. The van der Waals surface area contributed by atoms with Crippen molar-refractivity contribution in [1.29, 1.82) is 5.26 Å². The second-order valence-corrected chi connectivity index (χ2v) is 5.23. The minimum absolute atomic E-state index is 0.173. The number of benzene rings is 1. The topological polar surface area (TPSA) is 64.9 Å². The van der Waals surface area contributed by atoms with E-state index in [2.05, 4.69) is 16.7 Å². The Kier molecular flexibility index (Phi) is 3.03. The van der Waals surface area contributed by atoms with Gasteiger partial charge in [-0.15, -0.1) is 11.3 Å². The fourth-order valence-electron chi connectivity index (χ4n) is 2.11. The maximum atomic E-state index is 12.1. The van der Waals surface area contributed by atoms with Crippen molar-refractivity contribution in [2.24, 2.45) is 0 Å². The standard InChI is InChI=1S/C14H11N3OS/c15-6-10-3-4-19-14(10)17-13(18)9-1-2-11-7-16-8-12(11)5-9/h1-5,16H,7-8H2,(H,17,18). The summed E-state index contributed by atoms with van der Waals surface area (Å²) in [5, 5.41) is 17.3. The third-order valence-electron chi connectivity index (χ3n) is 3.11. The van der Waals surface area contributed by atoms with E-state index in [1.54, 1.807) is 11.4 Å². The number of hydrogen-bond acceptors (Lipinski definition) is 4. The Morgan fingerprint density at radius 3 is 3.00 bits per heavy atom. The van der Waals surface area contributed by atoms with Crippen molar-refractivity contribution in [3.05, 3.63) is 51.9 Å². The number of carbonyl (C=O) groups is 1. The van der Waals surface area contributed by atoms with Crippen LogP contribution in [-0.2, 0) is 13.1 Å². The fraction of sp³-hybridized carbons (Fsp3) is 0.143. The Morgan fingerprint density at radius 2 is 2.16 bits per heavy atom. The maximum Gasteiger partial charge on any atom is 0.256 e. The zero-order valence-electron chi connectivity index (χ0n) is 10.1. The maximum absolute atomic E-state index is 12.1. The van der Waals surface area contributed by atoms with Crippen molar-refractivity contribution < 1.29 is 4.79 Å². The minimum atomic E-state index is -0.173. The first kappa shape index (κ1) is 11.9. The van der Waals surface area contributed by atoms with Crippen LogP contribution in [0.25, 0.3) is 0 Å². The van der Waals surface area contributed by atoms with Gasteiger partial charge in [-0.2, -0.15) is 5.26 Å². The molecular formula is C14H11N3OS. The summed E-state index contributed by atoms with van der Waals surface area (Å²) in [6.45, 7) is 1.67. The highest BCUT2D eigenvalue weighted by molar-refractivity contribution is 7.14. The molecule has 1 aliphatic rings. The Balaban J connectivity index is 1.83. The highest BCUT2D eigenvalue weighted by atomic mass is 32.1. The number of anilines is 1. The van der Waals surface area contributed by atoms with Gasteiger partial charge in [0.25, 0.3) is 5.91 Å². The Morgan fingerprint density at radius 1 is 1.32 bits per heavy atom. The SMILES string of the molecule is N#Cc1ccsc1NC(=O)c1ccc2c(c1)CNC2. The molecule has 0 fully saturated rings. The van der Waals surface area contributed by atoms with Crippen LogP contribution in [0, 0.1) is 11.3 Å². The van der Waals surface area contributed by atoms with Crippen molar-refractivity contribution in [2.75, 3.05) is 5.32 Å². The highest BCUT2D eigenvalue weighted by Crippen LogP contribution is 2.23. The third kappa shape index (κ3) is 2.24. The normalized spacial score (nSPS) is 12.8. The number of amides is 1. The molecule has 0 spiro atoms. The molecule has 0 atom stereocenters. The van der Waals surface area contributed by atoms with Crippen LogP contribution in [0.5, 0.6) is 0 Å². The molecule has 94 valence electrons. The van der Waals surface area contributed by atoms with Crippen LogP contribution in [0.2, 0.25) is 0 Å². The molecule has 0 saturated heterocycles. The number of carbonyl (C=O) groups excluding carboxylic acids is 1. The van der Waals surface area contributed by atoms with Crippen LogP contribution >= 0.6 is 11.3 Å². The van der Waals surface area contributed by atoms with Gasteiger partial charge in [-0.25, -0.2) is 0 Å². The molecule has 5 heteroatoms.